The Labute approximate surface area is 200 Å². The highest BCUT2D eigenvalue weighted by atomic mass is 35.5. The summed E-state index contributed by atoms with van der Waals surface area (Å²) >= 11 is 13.5. The largest absolute Gasteiger partial charge is 0.457 e. The van der Waals surface area contributed by atoms with E-state index in [2.05, 4.69) is 10.1 Å². The van der Waals surface area contributed by atoms with Crippen molar-refractivity contribution in [1.29, 1.82) is 0 Å². The number of fused-ring (bicyclic) bond motifs is 1. The minimum absolute atomic E-state index is 0.289. The lowest BCUT2D eigenvalue weighted by atomic mass is 10.2. The third-order valence-corrected chi connectivity index (χ3v) is 6.18. The molecular formula is C23H13Cl2N3O4S. The standard InChI is InChI=1S/C23H13Cl2N3O4S/c1-12(29)31-18-5-3-2-4-15(18)21-26-23-28(27-21)22(30)20(33-23)11-14-7-9-19(32-14)16-10-13(24)6-8-17(16)25/h2-11H,1H3. The van der Waals surface area contributed by atoms with Crippen LogP contribution in [0.25, 0.3) is 33.7 Å². The molecule has 7 nitrogen and oxygen atoms in total. The number of halogens is 2. The summed E-state index contributed by atoms with van der Waals surface area (Å²) in [7, 11) is 0. The molecule has 0 aliphatic heterocycles. The fraction of sp³-hybridized carbons (Fsp3) is 0.0435. The Hall–Kier alpha value is -3.46. The van der Waals surface area contributed by atoms with Crippen molar-refractivity contribution in [3.8, 4) is 28.5 Å². The van der Waals surface area contributed by atoms with Crippen LogP contribution in [0.1, 0.15) is 12.7 Å². The number of aromatic nitrogens is 3. The van der Waals surface area contributed by atoms with Gasteiger partial charge in [-0.3, -0.25) is 9.59 Å². The van der Waals surface area contributed by atoms with E-state index in [-0.39, 0.29) is 11.4 Å². The molecule has 2 aromatic carbocycles. The quantitative estimate of drug-likeness (QED) is 0.260. The molecule has 0 amide bonds. The maximum atomic E-state index is 12.9. The Morgan fingerprint density at radius 3 is 2.73 bits per heavy atom. The Balaban J connectivity index is 1.52. The van der Waals surface area contributed by atoms with Crippen LogP contribution >= 0.6 is 34.5 Å². The molecule has 164 valence electrons. The molecule has 3 aromatic heterocycles. The summed E-state index contributed by atoms with van der Waals surface area (Å²) in [6.07, 6.45) is 1.62. The first-order valence-corrected chi connectivity index (χ1v) is 11.2. The molecule has 0 radical (unpaired) electrons. The monoisotopic (exact) mass is 497 g/mol. The SMILES string of the molecule is CC(=O)Oc1ccccc1-c1nc2sc(=Cc3ccc(-c4cc(Cl)ccc4Cl)o3)c(=O)n2n1. The number of furan rings is 1. The average molecular weight is 498 g/mol. The average Bonchev–Trinajstić information content (AvgIpc) is 3.48. The number of rotatable bonds is 4. The van der Waals surface area contributed by atoms with Crippen molar-refractivity contribution >= 4 is 51.5 Å². The van der Waals surface area contributed by atoms with Crippen LogP contribution in [-0.4, -0.2) is 20.6 Å². The van der Waals surface area contributed by atoms with Crippen molar-refractivity contribution in [1.82, 2.24) is 14.6 Å². The topological polar surface area (TPSA) is 86.7 Å². The first-order chi connectivity index (χ1) is 15.9. The van der Waals surface area contributed by atoms with E-state index >= 15 is 0 Å². The maximum absolute atomic E-state index is 12.9. The lowest BCUT2D eigenvalue weighted by Gasteiger charge is -2.04. The summed E-state index contributed by atoms with van der Waals surface area (Å²) in [5.74, 6) is 1.16. The molecule has 0 aliphatic carbocycles. The van der Waals surface area contributed by atoms with Gasteiger partial charge in [-0.25, -0.2) is 0 Å². The van der Waals surface area contributed by atoms with Gasteiger partial charge in [-0.15, -0.1) is 5.10 Å². The highest BCUT2D eigenvalue weighted by Gasteiger charge is 2.16. The molecule has 0 unspecified atom stereocenters. The molecule has 5 rings (SSSR count). The van der Waals surface area contributed by atoms with Crippen LogP contribution in [0.3, 0.4) is 0 Å². The van der Waals surface area contributed by atoms with E-state index in [1.54, 1.807) is 60.7 Å². The predicted molar refractivity (Wildman–Crippen MR) is 127 cm³/mol. The highest BCUT2D eigenvalue weighted by molar-refractivity contribution is 7.15. The van der Waals surface area contributed by atoms with Gasteiger partial charge in [0, 0.05) is 23.6 Å². The van der Waals surface area contributed by atoms with Crippen LogP contribution in [0, 0.1) is 0 Å². The molecule has 10 heteroatoms. The van der Waals surface area contributed by atoms with Crippen molar-refractivity contribution in [2.75, 3.05) is 0 Å². The van der Waals surface area contributed by atoms with Gasteiger partial charge in [0.2, 0.25) is 4.96 Å². The smallest absolute Gasteiger partial charge is 0.308 e. The van der Waals surface area contributed by atoms with Gasteiger partial charge in [0.25, 0.3) is 5.56 Å². The molecule has 0 saturated heterocycles. The molecule has 0 N–H and O–H groups in total. The summed E-state index contributed by atoms with van der Waals surface area (Å²) < 4.78 is 12.7. The van der Waals surface area contributed by atoms with Crippen molar-refractivity contribution in [3.05, 3.63) is 85.3 Å². The molecule has 0 saturated carbocycles. The number of para-hydroxylation sites is 1. The number of esters is 1. The second kappa shape index (κ2) is 8.47. The van der Waals surface area contributed by atoms with Crippen molar-refractivity contribution in [3.63, 3.8) is 0 Å². The second-order valence-electron chi connectivity index (χ2n) is 6.96. The molecule has 0 fully saturated rings. The van der Waals surface area contributed by atoms with E-state index in [9.17, 15) is 9.59 Å². The third-order valence-electron chi connectivity index (χ3n) is 4.66. The van der Waals surface area contributed by atoms with Gasteiger partial charge in [0.1, 0.15) is 21.8 Å². The predicted octanol–water partition coefficient (Wildman–Crippen LogP) is 4.86. The maximum Gasteiger partial charge on any atom is 0.308 e. The van der Waals surface area contributed by atoms with E-state index in [1.165, 1.54) is 22.8 Å². The highest BCUT2D eigenvalue weighted by Crippen LogP contribution is 2.32. The van der Waals surface area contributed by atoms with Crippen molar-refractivity contribution in [2.45, 2.75) is 6.92 Å². The van der Waals surface area contributed by atoms with Gasteiger partial charge in [0.15, 0.2) is 5.82 Å². The number of nitrogens with zero attached hydrogens (tertiary/aromatic N) is 3. The molecule has 33 heavy (non-hydrogen) atoms. The van der Waals surface area contributed by atoms with E-state index in [0.29, 0.717) is 47.9 Å². The number of hydrogen-bond donors (Lipinski definition) is 0. The van der Waals surface area contributed by atoms with Crippen LogP contribution in [0.4, 0.5) is 0 Å². The molecule has 3 heterocycles. The number of ether oxygens (including phenoxy) is 1. The zero-order chi connectivity index (χ0) is 23.1. The van der Waals surface area contributed by atoms with Crippen LogP contribution < -0.4 is 14.8 Å². The van der Waals surface area contributed by atoms with E-state index in [0.717, 1.165) is 0 Å². The zero-order valence-corrected chi connectivity index (χ0v) is 19.2. The Morgan fingerprint density at radius 2 is 1.94 bits per heavy atom. The summed E-state index contributed by atoms with van der Waals surface area (Å²) in [5.41, 5.74) is 0.838. The summed E-state index contributed by atoms with van der Waals surface area (Å²) in [5, 5.41) is 5.36. The molecule has 0 spiro atoms. The third kappa shape index (κ3) is 4.16. The van der Waals surface area contributed by atoms with Gasteiger partial charge < -0.3 is 9.15 Å². The Morgan fingerprint density at radius 1 is 1.12 bits per heavy atom. The zero-order valence-electron chi connectivity index (χ0n) is 16.9. The first kappa shape index (κ1) is 21.4. The van der Waals surface area contributed by atoms with E-state index in [1.807, 2.05) is 0 Å². The van der Waals surface area contributed by atoms with Crippen LogP contribution in [0.15, 0.2) is 63.8 Å². The molecule has 5 aromatic rings. The van der Waals surface area contributed by atoms with Crippen LogP contribution in [-0.2, 0) is 4.79 Å². The van der Waals surface area contributed by atoms with Gasteiger partial charge >= 0.3 is 5.97 Å². The van der Waals surface area contributed by atoms with Gasteiger partial charge in [0.05, 0.1) is 10.6 Å². The van der Waals surface area contributed by atoms with Gasteiger partial charge in [-0.2, -0.15) is 9.50 Å². The first-order valence-electron chi connectivity index (χ1n) is 9.63. The minimum atomic E-state index is -0.457. The number of thiazole rings is 1. The fourth-order valence-electron chi connectivity index (χ4n) is 3.23. The number of benzene rings is 2. The van der Waals surface area contributed by atoms with Gasteiger partial charge in [-0.1, -0.05) is 46.7 Å². The lowest BCUT2D eigenvalue weighted by Crippen LogP contribution is -2.23. The Kier molecular flexibility index (Phi) is 5.49. The summed E-state index contributed by atoms with van der Waals surface area (Å²) in [4.78, 5) is 29.1. The molecular weight excluding hydrogens is 485 g/mol. The van der Waals surface area contributed by atoms with E-state index < -0.39 is 5.97 Å². The van der Waals surface area contributed by atoms with E-state index in [4.69, 9.17) is 32.4 Å². The molecule has 0 bridgehead atoms. The Bertz CT molecular complexity index is 1640. The summed E-state index contributed by atoms with van der Waals surface area (Å²) in [6, 6.07) is 15.5. The van der Waals surface area contributed by atoms with Crippen molar-refractivity contribution < 1.29 is 13.9 Å². The second-order valence-corrected chi connectivity index (χ2v) is 8.81. The van der Waals surface area contributed by atoms with Crippen molar-refractivity contribution in [2.24, 2.45) is 0 Å². The summed E-state index contributed by atoms with van der Waals surface area (Å²) in [6.45, 7) is 1.31. The molecule has 0 atom stereocenters. The van der Waals surface area contributed by atoms with Crippen LogP contribution in [0.2, 0.25) is 10.0 Å². The minimum Gasteiger partial charge on any atom is -0.457 e. The lowest BCUT2D eigenvalue weighted by molar-refractivity contribution is -0.131. The number of carbonyl (C=O) groups is 1. The van der Waals surface area contributed by atoms with Crippen LogP contribution in [0.5, 0.6) is 5.75 Å². The fourth-order valence-corrected chi connectivity index (χ4v) is 4.50. The number of carbonyl (C=O) groups excluding carboxylic acids is 1. The number of hydrogen-bond acceptors (Lipinski definition) is 7. The van der Waals surface area contributed by atoms with Gasteiger partial charge in [-0.05, 0) is 42.5 Å². The molecule has 0 aliphatic rings. The normalized spacial score (nSPS) is 11.9.